The molecule has 0 amide bonds. The Balaban J connectivity index is 2.08. The van der Waals surface area contributed by atoms with Crippen molar-refractivity contribution < 1.29 is 12.8 Å². The van der Waals surface area contributed by atoms with E-state index in [1.807, 2.05) is 0 Å². The van der Waals surface area contributed by atoms with Crippen LogP contribution in [0.1, 0.15) is 32.6 Å². The highest BCUT2D eigenvalue weighted by atomic mass is 32.2. The molecule has 1 aliphatic rings. The Labute approximate surface area is 119 Å². The van der Waals surface area contributed by atoms with Gasteiger partial charge in [-0.3, -0.25) is 0 Å². The number of anilines is 1. The van der Waals surface area contributed by atoms with Crippen LogP contribution < -0.4 is 10.5 Å². The van der Waals surface area contributed by atoms with E-state index in [-0.39, 0.29) is 5.69 Å². The summed E-state index contributed by atoms with van der Waals surface area (Å²) in [6, 6.07) is 3.89. The van der Waals surface area contributed by atoms with E-state index in [1.54, 1.807) is 0 Å². The summed E-state index contributed by atoms with van der Waals surface area (Å²) < 4.78 is 40.5. The Morgan fingerprint density at radius 3 is 2.80 bits per heavy atom. The molecule has 0 aromatic heterocycles. The molecule has 1 aliphatic carbocycles. The number of sulfonamides is 1. The van der Waals surface area contributed by atoms with Crippen molar-refractivity contribution in [3.05, 3.63) is 24.0 Å². The van der Waals surface area contributed by atoms with Crippen molar-refractivity contribution in [3.8, 4) is 0 Å². The van der Waals surface area contributed by atoms with Gasteiger partial charge in [-0.05, 0) is 36.8 Å². The van der Waals surface area contributed by atoms with E-state index in [0.29, 0.717) is 18.4 Å². The topological polar surface area (TPSA) is 72.2 Å². The number of rotatable bonds is 4. The normalized spacial score (nSPS) is 23.7. The molecule has 0 heterocycles. The highest BCUT2D eigenvalue weighted by molar-refractivity contribution is 7.89. The molecule has 0 aliphatic heterocycles. The van der Waals surface area contributed by atoms with E-state index in [1.165, 1.54) is 18.6 Å². The predicted octanol–water partition coefficient (Wildman–Crippen LogP) is 2.51. The lowest BCUT2D eigenvalue weighted by molar-refractivity contribution is 0.283. The molecule has 1 aromatic carbocycles. The van der Waals surface area contributed by atoms with Gasteiger partial charge in [-0.2, -0.15) is 0 Å². The zero-order valence-corrected chi connectivity index (χ0v) is 12.4. The molecule has 2 rings (SSSR count). The zero-order valence-electron chi connectivity index (χ0n) is 11.6. The van der Waals surface area contributed by atoms with Crippen molar-refractivity contribution >= 4 is 15.7 Å². The van der Waals surface area contributed by atoms with E-state index >= 15 is 0 Å². The Kier molecular flexibility index (Phi) is 4.65. The van der Waals surface area contributed by atoms with Gasteiger partial charge >= 0.3 is 0 Å². The Morgan fingerprint density at radius 1 is 1.40 bits per heavy atom. The van der Waals surface area contributed by atoms with Crippen LogP contribution in [0.25, 0.3) is 0 Å². The van der Waals surface area contributed by atoms with Crippen molar-refractivity contribution in [1.82, 2.24) is 4.72 Å². The van der Waals surface area contributed by atoms with Gasteiger partial charge in [0, 0.05) is 6.54 Å². The largest absolute Gasteiger partial charge is 0.398 e. The second-order valence-corrected chi connectivity index (χ2v) is 7.35. The van der Waals surface area contributed by atoms with Crippen LogP contribution >= 0.6 is 0 Å². The average Bonchev–Trinajstić information content (AvgIpc) is 2.36. The van der Waals surface area contributed by atoms with Gasteiger partial charge in [0.25, 0.3) is 0 Å². The minimum Gasteiger partial charge on any atom is -0.398 e. The summed E-state index contributed by atoms with van der Waals surface area (Å²) in [5, 5.41) is 0. The van der Waals surface area contributed by atoms with Gasteiger partial charge in [0.2, 0.25) is 10.0 Å². The number of nitrogens with one attached hydrogen (secondary N) is 1. The third kappa shape index (κ3) is 3.49. The monoisotopic (exact) mass is 300 g/mol. The molecule has 0 spiro atoms. The van der Waals surface area contributed by atoms with Crippen LogP contribution in [0.2, 0.25) is 0 Å². The maximum absolute atomic E-state index is 13.7. The van der Waals surface area contributed by atoms with Crippen LogP contribution in [-0.4, -0.2) is 15.0 Å². The molecule has 112 valence electrons. The number of nitrogens with two attached hydrogens (primary N) is 1. The standard InChI is InChI=1S/C14H21FN2O2S/c1-10-4-2-5-11(8-10)9-17-20(18,19)14-12(15)6-3-7-13(14)16/h3,6-7,10-11,17H,2,4-5,8-9,16H2,1H3. The van der Waals surface area contributed by atoms with Crippen molar-refractivity contribution in [2.75, 3.05) is 12.3 Å². The minimum absolute atomic E-state index is 0.0606. The Morgan fingerprint density at radius 2 is 2.15 bits per heavy atom. The summed E-state index contributed by atoms with van der Waals surface area (Å²) in [6.45, 7) is 2.52. The summed E-state index contributed by atoms with van der Waals surface area (Å²) in [6.07, 6.45) is 4.34. The van der Waals surface area contributed by atoms with E-state index in [0.717, 1.165) is 25.3 Å². The summed E-state index contributed by atoms with van der Waals surface area (Å²) >= 11 is 0. The first kappa shape index (κ1) is 15.3. The van der Waals surface area contributed by atoms with Gasteiger partial charge < -0.3 is 5.73 Å². The predicted molar refractivity (Wildman–Crippen MR) is 77.1 cm³/mol. The molecule has 2 unspecified atom stereocenters. The summed E-state index contributed by atoms with van der Waals surface area (Å²) in [5.41, 5.74) is 5.52. The fourth-order valence-corrected chi connectivity index (χ4v) is 4.16. The zero-order chi connectivity index (χ0) is 14.8. The average molecular weight is 300 g/mol. The van der Waals surface area contributed by atoms with Gasteiger partial charge in [-0.1, -0.05) is 25.8 Å². The molecule has 0 bridgehead atoms. The van der Waals surface area contributed by atoms with Crippen LogP contribution in [-0.2, 0) is 10.0 Å². The second kappa shape index (κ2) is 6.10. The van der Waals surface area contributed by atoms with Crippen LogP contribution in [0.15, 0.2) is 23.1 Å². The van der Waals surface area contributed by atoms with Gasteiger partial charge in [-0.25, -0.2) is 17.5 Å². The van der Waals surface area contributed by atoms with Crippen molar-refractivity contribution in [1.29, 1.82) is 0 Å². The highest BCUT2D eigenvalue weighted by Crippen LogP contribution is 2.28. The van der Waals surface area contributed by atoms with Gasteiger partial charge in [-0.15, -0.1) is 0 Å². The lowest BCUT2D eigenvalue weighted by atomic mass is 9.83. The van der Waals surface area contributed by atoms with Crippen LogP contribution in [0.4, 0.5) is 10.1 Å². The Hall–Kier alpha value is -1.14. The molecule has 3 N–H and O–H groups in total. The maximum Gasteiger partial charge on any atom is 0.245 e. The molecule has 20 heavy (non-hydrogen) atoms. The smallest absolute Gasteiger partial charge is 0.245 e. The van der Waals surface area contributed by atoms with Gasteiger partial charge in [0.05, 0.1) is 5.69 Å². The summed E-state index contributed by atoms with van der Waals surface area (Å²) in [4.78, 5) is -0.441. The fourth-order valence-electron chi connectivity index (χ4n) is 2.85. The molecule has 0 radical (unpaired) electrons. The Bertz CT molecular complexity index is 554. The molecular formula is C14H21FN2O2S. The first-order chi connectivity index (χ1) is 9.40. The van der Waals surface area contributed by atoms with Crippen molar-refractivity contribution in [2.24, 2.45) is 11.8 Å². The molecule has 1 fully saturated rings. The molecular weight excluding hydrogens is 279 g/mol. The van der Waals surface area contributed by atoms with Crippen molar-refractivity contribution in [3.63, 3.8) is 0 Å². The SMILES string of the molecule is CC1CCCC(CNS(=O)(=O)c2c(N)cccc2F)C1. The van der Waals surface area contributed by atoms with E-state index < -0.39 is 20.7 Å². The third-order valence-electron chi connectivity index (χ3n) is 3.87. The highest BCUT2D eigenvalue weighted by Gasteiger charge is 2.25. The van der Waals surface area contributed by atoms with E-state index in [4.69, 9.17) is 5.73 Å². The lowest BCUT2D eigenvalue weighted by Gasteiger charge is -2.26. The number of halogens is 1. The van der Waals surface area contributed by atoms with E-state index in [2.05, 4.69) is 11.6 Å². The molecule has 2 atom stereocenters. The van der Waals surface area contributed by atoms with Crippen LogP contribution in [0.5, 0.6) is 0 Å². The van der Waals surface area contributed by atoms with E-state index in [9.17, 15) is 12.8 Å². The number of hydrogen-bond acceptors (Lipinski definition) is 3. The van der Waals surface area contributed by atoms with Crippen molar-refractivity contribution in [2.45, 2.75) is 37.5 Å². The quantitative estimate of drug-likeness (QED) is 0.839. The summed E-state index contributed by atoms with van der Waals surface area (Å²) in [5.74, 6) is 0.132. The number of nitrogen functional groups attached to an aromatic ring is 1. The molecule has 0 saturated heterocycles. The lowest BCUT2D eigenvalue weighted by Crippen LogP contribution is -2.32. The number of hydrogen-bond donors (Lipinski definition) is 2. The fraction of sp³-hybridized carbons (Fsp3) is 0.571. The maximum atomic E-state index is 13.7. The third-order valence-corrected chi connectivity index (χ3v) is 5.39. The first-order valence-electron chi connectivity index (χ1n) is 6.94. The van der Waals surface area contributed by atoms with Crippen LogP contribution in [0.3, 0.4) is 0 Å². The second-order valence-electron chi connectivity index (χ2n) is 5.65. The first-order valence-corrected chi connectivity index (χ1v) is 8.42. The molecule has 1 saturated carbocycles. The van der Waals surface area contributed by atoms with Gasteiger partial charge in [0.15, 0.2) is 0 Å². The minimum atomic E-state index is -3.89. The molecule has 4 nitrogen and oxygen atoms in total. The van der Waals surface area contributed by atoms with Crippen LogP contribution in [0, 0.1) is 17.7 Å². The number of benzene rings is 1. The molecule has 6 heteroatoms. The molecule has 1 aromatic rings. The summed E-state index contributed by atoms with van der Waals surface area (Å²) in [7, 11) is -3.89. The van der Waals surface area contributed by atoms with Gasteiger partial charge in [0.1, 0.15) is 10.7 Å².